The lowest BCUT2D eigenvalue weighted by Crippen LogP contribution is -1.95. The van der Waals surface area contributed by atoms with Crippen molar-refractivity contribution in [3.05, 3.63) is 42.9 Å². The van der Waals surface area contributed by atoms with Crippen LogP contribution in [0.5, 0.6) is 0 Å². The average Bonchev–Trinajstić information content (AvgIpc) is 2.30. The molecule has 1 aromatic heterocycles. The second-order valence-electron chi connectivity index (χ2n) is 2.90. The fourth-order valence-corrected chi connectivity index (χ4v) is 1.36. The van der Waals surface area contributed by atoms with Crippen LogP contribution in [0, 0.1) is 0 Å². The van der Waals surface area contributed by atoms with Crippen molar-refractivity contribution in [2.75, 3.05) is 12.4 Å². The summed E-state index contributed by atoms with van der Waals surface area (Å²) in [4.78, 5) is 8.17. The van der Waals surface area contributed by atoms with Crippen LogP contribution in [0.15, 0.2) is 42.9 Å². The van der Waals surface area contributed by atoms with Gasteiger partial charge < -0.3 is 5.32 Å². The number of nitrogens with one attached hydrogen (secondary N) is 1. The maximum atomic E-state index is 4.15. The van der Waals surface area contributed by atoms with E-state index < -0.39 is 0 Å². The lowest BCUT2D eigenvalue weighted by molar-refractivity contribution is 1.16. The number of anilines is 1. The second-order valence-corrected chi connectivity index (χ2v) is 2.90. The largest absolute Gasteiger partial charge is 0.373 e. The molecule has 0 radical (unpaired) electrons. The molecule has 0 bridgehead atoms. The van der Waals surface area contributed by atoms with Gasteiger partial charge in [-0.3, -0.25) is 0 Å². The summed E-state index contributed by atoms with van der Waals surface area (Å²) in [5.74, 6) is 0.853. The fourth-order valence-electron chi connectivity index (χ4n) is 1.36. The van der Waals surface area contributed by atoms with E-state index in [9.17, 15) is 0 Å². The van der Waals surface area contributed by atoms with Crippen molar-refractivity contribution >= 4 is 5.82 Å². The number of hydrogen-bond acceptors (Lipinski definition) is 3. The third-order valence-electron chi connectivity index (χ3n) is 2.03. The van der Waals surface area contributed by atoms with Gasteiger partial charge in [0, 0.05) is 18.8 Å². The molecule has 0 saturated carbocycles. The van der Waals surface area contributed by atoms with Crippen LogP contribution >= 0.6 is 0 Å². The van der Waals surface area contributed by atoms with Gasteiger partial charge in [0.1, 0.15) is 12.1 Å². The Labute approximate surface area is 82.8 Å². The molecule has 0 aliphatic carbocycles. The van der Waals surface area contributed by atoms with Crippen molar-refractivity contribution in [1.82, 2.24) is 9.97 Å². The predicted molar refractivity (Wildman–Crippen MR) is 57.0 cm³/mol. The van der Waals surface area contributed by atoms with Gasteiger partial charge in [0.05, 0.1) is 0 Å². The van der Waals surface area contributed by atoms with Gasteiger partial charge in [-0.1, -0.05) is 30.3 Å². The zero-order valence-electron chi connectivity index (χ0n) is 7.94. The van der Waals surface area contributed by atoms with E-state index in [1.165, 1.54) is 6.33 Å². The summed E-state index contributed by atoms with van der Waals surface area (Å²) in [5.41, 5.74) is 2.15. The SMILES string of the molecule is CNc1ncncc1-c1ccccc1. The van der Waals surface area contributed by atoms with Crippen LogP contribution in [0.4, 0.5) is 5.82 Å². The van der Waals surface area contributed by atoms with Crippen LogP contribution in [-0.2, 0) is 0 Å². The maximum Gasteiger partial charge on any atom is 0.137 e. The summed E-state index contributed by atoms with van der Waals surface area (Å²) in [5, 5.41) is 3.04. The maximum absolute atomic E-state index is 4.15. The monoisotopic (exact) mass is 185 g/mol. The van der Waals surface area contributed by atoms with Crippen LogP contribution in [-0.4, -0.2) is 17.0 Å². The lowest BCUT2D eigenvalue weighted by atomic mass is 10.1. The summed E-state index contributed by atoms with van der Waals surface area (Å²) in [6.45, 7) is 0. The minimum atomic E-state index is 0.853. The highest BCUT2D eigenvalue weighted by Gasteiger charge is 2.03. The molecule has 2 aromatic rings. The quantitative estimate of drug-likeness (QED) is 0.779. The van der Waals surface area contributed by atoms with E-state index in [-0.39, 0.29) is 0 Å². The van der Waals surface area contributed by atoms with E-state index >= 15 is 0 Å². The lowest BCUT2D eigenvalue weighted by Gasteiger charge is -2.06. The molecule has 0 aliphatic rings. The van der Waals surface area contributed by atoms with E-state index in [4.69, 9.17) is 0 Å². The Morgan fingerprint density at radius 3 is 2.64 bits per heavy atom. The molecular formula is C11H11N3. The Hall–Kier alpha value is -1.90. The Kier molecular flexibility index (Phi) is 2.40. The number of nitrogens with zero attached hydrogens (tertiary/aromatic N) is 2. The minimum absolute atomic E-state index is 0.853. The predicted octanol–water partition coefficient (Wildman–Crippen LogP) is 2.19. The van der Waals surface area contributed by atoms with E-state index in [1.807, 2.05) is 43.6 Å². The van der Waals surface area contributed by atoms with E-state index in [1.54, 1.807) is 0 Å². The highest BCUT2D eigenvalue weighted by Crippen LogP contribution is 2.23. The molecule has 0 spiro atoms. The molecule has 0 aliphatic heterocycles. The molecule has 70 valence electrons. The molecule has 1 N–H and O–H groups in total. The molecule has 14 heavy (non-hydrogen) atoms. The van der Waals surface area contributed by atoms with Crippen LogP contribution in [0.3, 0.4) is 0 Å². The van der Waals surface area contributed by atoms with Gasteiger partial charge in [-0.15, -0.1) is 0 Å². The van der Waals surface area contributed by atoms with Gasteiger partial charge in [-0.25, -0.2) is 9.97 Å². The van der Waals surface area contributed by atoms with E-state index in [2.05, 4.69) is 15.3 Å². The smallest absolute Gasteiger partial charge is 0.137 e. The first kappa shape index (κ1) is 8.69. The second kappa shape index (κ2) is 3.87. The molecule has 0 unspecified atom stereocenters. The fraction of sp³-hybridized carbons (Fsp3) is 0.0909. The number of benzene rings is 1. The Morgan fingerprint density at radius 1 is 1.14 bits per heavy atom. The van der Waals surface area contributed by atoms with Crippen molar-refractivity contribution in [3.63, 3.8) is 0 Å². The van der Waals surface area contributed by atoms with Gasteiger partial charge in [-0.05, 0) is 5.56 Å². The normalized spacial score (nSPS) is 9.79. The Balaban J connectivity index is 2.51. The standard InChI is InChI=1S/C11H11N3/c1-12-11-10(7-13-8-14-11)9-5-3-2-4-6-9/h2-8H,1H3,(H,12,13,14). The molecule has 0 fully saturated rings. The summed E-state index contributed by atoms with van der Waals surface area (Å²) < 4.78 is 0. The molecule has 2 rings (SSSR count). The molecule has 0 amide bonds. The first-order chi connectivity index (χ1) is 6.92. The highest BCUT2D eigenvalue weighted by atomic mass is 15.0. The Bertz CT molecular complexity index is 412. The molecular weight excluding hydrogens is 174 g/mol. The van der Waals surface area contributed by atoms with Crippen molar-refractivity contribution in [3.8, 4) is 11.1 Å². The van der Waals surface area contributed by atoms with Gasteiger partial charge in [0.25, 0.3) is 0 Å². The van der Waals surface area contributed by atoms with Crippen LogP contribution < -0.4 is 5.32 Å². The summed E-state index contributed by atoms with van der Waals surface area (Å²) in [6, 6.07) is 10.1. The van der Waals surface area contributed by atoms with Crippen molar-refractivity contribution in [2.45, 2.75) is 0 Å². The minimum Gasteiger partial charge on any atom is -0.373 e. The molecule has 0 atom stereocenters. The van der Waals surface area contributed by atoms with Crippen LogP contribution in [0.2, 0.25) is 0 Å². The van der Waals surface area contributed by atoms with Crippen LogP contribution in [0.1, 0.15) is 0 Å². The molecule has 3 heteroatoms. The highest BCUT2D eigenvalue weighted by molar-refractivity contribution is 5.73. The van der Waals surface area contributed by atoms with Gasteiger partial charge >= 0.3 is 0 Å². The topological polar surface area (TPSA) is 37.8 Å². The third kappa shape index (κ3) is 1.57. The molecule has 1 aromatic carbocycles. The van der Waals surface area contributed by atoms with Crippen molar-refractivity contribution in [1.29, 1.82) is 0 Å². The summed E-state index contributed by atoms with van der Waals surface area (Å²) in [7, 11) is 1.86. The number of rotatable bonds is 2. The first-order valence-electron chi connectivity index (χ1n) is 4.45. The molecule has 3 nitrogen and oxygen atoms in total. The number of hydrogen-bond donors (Lipinski definition) is 1. The van der Waals surface area contributed by atoms with Crippen LogP contribution in [0.25, 0.3) is 11.1 Å². The molecule has 1 heterocycles. The zero-order chi connectivity index (χ0) is 9.80. The van der Waals surface area contributed by atoms with Gasteiger partial charge in [0.15, 0.2) is 0 Å². The summed E-state index contributed by atoms with van der Waals surface area (Å²) in [6.07, 6.45) is 3.35. The Morgan fingerprint density at radius 2 is 1.93 bits per heavy atom. The van der Waals surface area contributed by atoms with E-state index in [0.29, 0.717) is 0 Å². The van der Waals surface area contributed by atoms with Gasteiger partial charge in [-0.2, -0.15) is 0 Å². The summed E-state index contributed by atoms with van der Waals surface area (Å²) >= 11 is 0. The van der Waals surface area contributed by atoms with E-state index in [0.717, 1.165) is 16.9 Å². The van der Waals surface area contributed by atoms with Gasteiger partial charge in [0.2, 0.25) is 0 Å². The first-order valence-corrected chi connectivity index (χ1v) is 4.45. The third-order valence-corrected chi connectivity index (χ3v) is 2.03. The zero-order valence-corrected chi connectivity index (χ0v) is 7.94. The number of aromatic nitrogens is 2. The molecule has 0 saturated heterocycles. The van der Waals surface area contributed by atoms with Crippen molar-refractivity contribution < 1.29 is 0 Å². The van der Waals surface area contributed by atoms with Crippen molar-refractivity contribution in [2.24, 2.45) is 0 Å². The average molecular weight is 185 g/mol.